The van der Waals surface area contributed by atoms with Crippen molar-refractivity contribution in [1.82, 2.24) is 9.88 Å². The Balaban J connectivity index is 1.99. The predicted octanol–water partition coefficient (Wildman–Crippen LogP) is 0.306. The zero-order valence-electron chi connectivity index (χ0n) is 11.4. The number of ether oxygens (including phenoxy) is 1. The van der Waals surface area contributed by atoms with Crippen molar-refractivity contribution in [3.63, 3.8) is 0 Å². The molecule has 0 radical (unpaired) electrons. The first-order chi connectivity index (χ1) is 9.61. The molecule has 2 aromatic rings. The van der Waals surface area contributed by atoms with Crippen LogP contribution in [-0.2, 0) is 16.6 Å². The third kappa shape index (κ3) is 3.25. The number of hydrogen-bond donors (Lipinski definition) is 2. The van der Waals surface area contributed by atoms with Crippen molar-refractivity contribution in [2.45, 2.75) is 0 Å². The molecule has 0 saturated heterocycles. The second-order valence-corrected chi connectivity index (χ2v) is 4.33. The van der Waals surface area contributed by atoms with E-state index in [4.69, 9.17) is 9.15 Å². The summed E-state index contributed by atoms with van der Waals surface area (Å²) in [6, 6.07) is 5.09. The van der Waals surface area contributed by atoms with E-state index in [9.17, 15) is 9.59 Å². The summed E-state index contributed by atoms with van der Waals surface area (Å²) in [7, 11) is 3.23. The van der Waals surface area contributed by atoms with E-state index < -0.39 is 5.76 Å². The number of carbonyl (C=O) groups is 1. The van der Waals surface area contributed by atoms with E-state index in [2.05, 4.69) is 10.6 Å². The number of aryl methyl sites for hydroxylation is 1. The molecule has 0 spiro atoms. The highest BCUT2D eigenvalue weighted by Gasteiger charge is 2.08. The number of aromatic nitrogens is 1. The first kappa shape index (κ1) is 14.3. The Morgan fingerprint density at radius 1 is 1.45 bits per heavy atom. The molecule has 0 aliphatic heterocycles. The number of nitrogens with one attached hydrogen (secondary N) is 2. The number of nitrogens with zero attached hydrogens (tertiary/aromatic N) is 1. The number of hydrogen-bond acceptors (Lipinski definition) is 5. The van der Waals surface area contributed by atoms with Gasteiger partial charge < -0.3 is 19.8 Å². The first-order valence-electron chi connectivity index (χ1n) is 6.21. The number of amides is 1. The lowest BCUT2D eigenvalue weighted by Gasteiger charge is -2.06. The van der Waals surface area contributed by atoms with Gasteiger partial charge in [0.15, 0.2) is 5.58 Å². The fourth-order valence-electron chi connectivity index (χ4n) is 1.79. The average Bonchev–Trinajstić information content (AvgIpc) is 2.70. The Kier molecular flexibility index (Phi) is 4.54. The van der Waals surface area contributed by atoms with E-state index in [1.165, 1.54) is 4.57 Å². The van der Waals surface area contributed by atoms with Gasteiger partial charge in [-0.2, -0.15) is 0 Å². The minimum Gasteiger partial charge on any atom is -0.408 e. The molecule has 0 fully saturated rings. The molecule has 7 nitrogen and oxygen atoms in total. The summed E-state index contributed by atoms with van der Waals surface area (Å²) >= 11 is 0. The van der Waals surface area contributed by atoms with Crippen LogP contribution in [0.5, 0.6) is 0 Å². The Bertz CT molecular complexity index is 659. The van der Waals surface area contributed by atoms with E-state index in [0.717, 1.165) is 0 Å². The first-order valence-corrected chi connectivity index (χ1v) is 6.21. The van der Waals surface area contributed by atoms with Crippen molar-refractivity contribution >= 4 is 22.7 Å². The lowest BCUT2D eigenvalue weighted by atomic mass is 10.3. The van der Waals surface area contributed by atoms with Gasteiger partial charge in [-0.3, -0.25) is 9.36 Å². The van der Waals surface area contributed by atoms with Crippen LogP contribution in [0.4, 0.5) is 5.69 Å². The van der Waals surface area contributed by atoms with Gasteiger partial charge in [0, 0.05) is 32.5 Å². The third-order valence-electron chi connectivity index (χ3n) is 2.84. The number of oxazole rings is 1. The minimum absolute atomic E-state index is 0.168. The molecular weight excluding hydrogens is 262 g/mol. The monoisotopic (exact) mass is 279 g/mol. The fraction of sp³-hybridized carbons (Fsp3) is 0.385. The van der Waals surface area contributed by atoms with Crippen LogP contribution < -0.4 is 16.4 Å². The van der Waals surface area contributed by atoms with E-state index in [-0.39, 0.29) is 12.5 Å². The molecule has 1 amide bonds. The standard InChI is InChI=1S/C13H17N3O4/c1-16-10-4-3-9(7-11(10)20-13(16)18)15-12(17)8-14-5-6-19-2/h3-4,7,14H,5-6,8H2,1-2H3,(H,15,17). The van der Waals surface area contributed by atoms with E-state index >= 15 is 0 Å². The summed E-state index contributed by atoms with van der Waals surface area (Å²) in [5.74, 6) is -0.594. The van der Waals surface area contributed by atoms with Gasteiger partial charge in [0.25, 0.3) is 0 Å². The highest BCUT2D eigenvalue weighted by Crippen LogP contribution is 2.17. The van der Waals surface area contributed by atoms with Gasteiger partial charge in [-0.1, -0.05) is 0 Å². The molecule has 1 aromatic carbocycles. The number of methoxy groups -OCH3 is 1. The zero-order chi connectivity index (χ0) is 14.5. The largest absolute Gasteiger partial charge is 0.419 e. The molecule has 2 N–H and O–H groups in total. The lowest BCUT2D eigenvalue weighted by Crippen LogP contribution is -2.30. The highest BCUT2D eigenvalue weighted by molar-refractivity contribution is 5.94. The molecule has 0 saturated carbocycles. The maximum atomic E-state index is 11.7. The third-order valence-corrected chi connectivity index (χ3v) is 2.84. The number of benzene rings is 1. The van der Waals surface area contributed by atoms with Crippen LogP contribution in [0.15, 0.2) is 27.4 Å². The molecule has 7 heteroatoms. The molecule has 0 atom stereocenters. The van der Waals surface area contributed by atoms with Crippen LogP contribution in [0.2, 0.25) is 0 Å². The van der Waals surface area contributed by atoms with Gasteiger partial charge in [0.05, 0.1) is 18.7 Å². The average molecular weight is 279 g/mol. The smallest absolute Gasteiger partial charge is 0.408 e. The Hall–Kier alpha value is -2.12. The normalized spacial score (nSPS) is 10.9. The van der Waals surface area contributed by atoms with Gasteiger partial charge in [0.2, 0.25) is 5.91 Å². The second kappa shape index (κ2) is 6.36. The molecule has 0 aliphatic carbocycles. The van der Waals surface area contributed by atoms with Gasteiger partial charge >= 0.3 is 5.76 Å². The Morgan fingerprint density at radius 2 is 2.25 bits per heavy atom. The lowest BCUT2D eigenvalue weighted by molar-refractivity contribution is -0.115. The molecule has 0 bridgehead atoms. The number of fused-ring (bicyclic) bond motifs is 1. The van der Waals surface area contributed by atoms with Gasteiger partial charge in [-0.15, -0.1) is 0 Å². The summed E-state index contributed by atoms with van der Waals surface area (Å²) in [5, 5.41) is 5.67. The molecule has 0 aliphatic rings. The molecular formula is C13H17N3O4. The minimum atomic E-state index is -0.426. The highest BCUT2D eigenvalue weighted by atomic mass is 16.5. The predicted molar refractivity (Wildman–Crippen MR) is 74.8 cm³/mol. The maximum Gasteiger partial charge on any atom is 0.419 e. The van der Waals surface area contributed by atoms with Crippen molar-refractivity contribution in [2.24, 2.45) is 7.05 Å². The summed E-state index contributed by atoms with van der Waals surface area (Å²) in [6.07, 6.45) is 0. The van der Waals surface area contributed by atoms with Crippen molar-refractivity contribution in [3.05, 3.63) is 28.7 Å². The van der Waals surface area contributed by atoms with Gasteiger partial charge in [-0.25, -0.2) is 4.79 Å². The molecule has 108 valence electrons. The number of anilines is 1. The van der Waals surface area contributed by atoms with Crippen LogP contribution in [0.3, 0.4) is 0 Å². The second-order valence-electron chi connectivity index (χ2n) is 4.33. The SMILES string of the molecule is COCCNCC(=O)Nc1ccc2c(c1)oc(=O)n2C. The van der Waals surface area contributed by atoms with E-state index in [1.54, 1.807) is 32.4 Å². The van der Waals surface area contributed by atoms with Crippen LogP contribution in [-0.4, -0.2) is 37.3 Å². The zero-order valence-corrected chi connectivity index (χ0v) is 11.4. The van der Waals surface area contributed by atoms with Gasteiger partial charge in [-0.05, 0) is 12.1 Å². The quantitative estimate of drug-likeness (QED) is 0.743. The number of carbonyl (C=O) groups excluding carboxylic acids is 1. The summed E-state index contributed by atoms with van der Waals surface area (Å²) in [5.41, 5.74) is 1.72. The summed E-state index contributed by atoms with van der Waals surface area (Å²) in [6.45, 7) is 1.35. The van der Waals surface area contributed by atoms with Gasteiger partial charge in [0.1, 0.15) is 0 Å². The van der Waals surface area contributed by atoms with Crippen LogP contribution in [0.1, 0.15) is 0 Å². The van der Waals surface area contributed by atoms with E-state index in [0.29, 0.717) is 29.9 Å². The van der Waals surface area contributed by atoms with E-state index in [1.807, 2.05) is 0 Å². The Labute approximate surface area is 115 Å². The van der Waals surface area contributed by atoms with Crippen LogP contribution >= 0.6 is 0 Å². The molecule has 1 aromatic heterocycles. The van der Waals surface area contributed by atoms with Crippen LogP contribution in [0, 0.1) is 0 Å². The van der Waals surface area contributed by atoms with Crippen molar-refractivity contribution in [1.29, 1.82) is 0 Å². The fourth-order valence-corrected chi connectivity index (χ4v) is 1.79. The van der Waals surface area contributed by atoms with Crippen LogP contribution in [0.25, 0.3) is 11.1 Å². The van der Waals surface area contributed by atoms with Crippen molar-refractivity contribution < 1.29 is 13.9 Å². The molecule has 2 rings (SSSR count). The number of rotatable bonds is 6. The molecule has 20 heavy (non-hydrogen) atoms. The van der Waals surface area contributed by atoms with Crippen molar-refractivity contribution in [3.8, 4) is 0 Å². The topological polar surface area (TPSA) is 85.5 Å². The molecule has 0 unspecified atom stereocenters. The molecule has 1 heterocycles. The summed E-state index contributed by atoms with van der Waals surface area (Å²) < 4.78 is 11.3. The Morgan fingerprint density at radius 3 is 3.00 bits per heavy atom. The van der Waals surface area contributed by atoms with Crippen molar-refractivity contribution in [2.75, 3.05) is 32.1 Å². The maximum absolute atomic E-state index is 11.7. The summed E-state index contributed by atoms with van der Waals surface area (Å²) in [4.78, 5) is 23.0.